The highest BCUT2D eigenvalue weighted by molar-refractivity contribution is 5.96. The van der Waals surface area contributed by atoms with Crippen molar-refractivity contribution >= 4 is 35.5 Å². The summed E-state index contributed by atoms with van der Waals surface area (Å²) in [5, 5.41) is 24.4. The minimum Gasteiger partial charge on any atom is -0.508 e. The maximum Gasteiger partial charge on any atom is 0.326 e. The predicted octanol–water partition coefficient (Wildman–Crippen LogP) is 0.163. The molecule has 0 bridgehead atoms. The second kappa shape index (κ2) is 15.9. The molecule has 6 N–H and O–H groups in total. The number of carboxylic acids is 1. The Bertz CT molecular complexity index is 1540. The summed E-state index contributed by atoms with van der Waals surface area (Å²) in [6.45, 7) is 0.537. The number of aromatic hydroxyl groups is 1. The first-order valence-electron chi connectivity index (χ1n) is 16.8. The molecule has 0 saturated carbocycles. The number of carbonyl (C=O) groups excluding carboxylic acids is 5. The SMILES string of the molecule is N[C@@H](Cc1ccc(O)cc1)C(=O)N1CCC[C@H]1C(=O)N[C@@H](Cc1ccccc1)C(=O)N1CCC[C@H]1C(=O)NCC(=O)N1CCC[C@H]1C(=O)O. The quantitative estimate of drug-likeness (QED) is 0.208. The van der Waals surface area contributed by atoms with Gasteiger partial charge in [0.2, 0.25) is 29.5 Å². The zero-order valence-electron chi connectivity index (χ0n) is 27.3. The Labute approximate surface area is 284 Å². The summed E-state index contributed by atoms with van der Waals surface area (Å²) in [5.74, 6) is -3.33. The molecule has 5 atom stereocenters. The summed E-state index contributed by atoms with van der Waals surface area (Å²) in [5.41, 5.74) is 7.83. The summed E-state index contributed by atoms with van der Waals surface area (Å²) in [7, 11) is 0. The number of amides is 5. The van der Waals surface area contributed by atoms with Gasteiger partial charge in [-0.2, -0.15) is 0 Å². The molecular formula is C35H44N6O8. The van der Waals surface area contributed by atoms with Crippen LogP contribution < -0.4 is 16.4 Å². The van der Waals surface area contributed by atoms with Crippen molar-refractivity contribution < 1.29 is 39.0 Å². The molecular weight excluding hydrogens is 632 g/mol. The summed E-state index contributed by atoms with van der Waals surface area (Å²) < 4.78 is 0. The first-order valence-corrected chi connectivity index (χ1v) is 16.8. The molecule has 5 amide bonds. The van der Waals surface area contributed by atoms with Crippen molar-refractivity contribution in [1.82, 2.24) is 25.3 Å². The number of carboxylic acid groups (broad SMARTS) is 1. The number of rotatable bonds is 12. The van der Waals surface area contributed by atoms with E-state index in [0.29, 0.717) is 51.6 Å². The number of phenols is 1. The normalized spacial score (nSPS) is 21.7. The third kappa shape index (κ3) is 8.55. The number of nitrogens with zero attached hydrogens (tertiary/aromatic N) is 3. The third-order valence-electron chi connectivity index (χ3n) is 9.56. The number of carbonyl (C=O) groups is 6. The number of benzene rings is 2. The summed E-state index contributed by atoms with van der Waals surface area (Å²) >= 11 is 0. The van der Waals surface area contributed by atoms with E-state index in [1.165, 1.54) is 26.8 Å². The van der Waals surface area contributed by atoms with Crippen molar-refractivity contribution in [3.63, 3.8) is 0 Å². The smallest absolute Gasteiger partial charge is 0.326 e. The molecule has 2 aromatic carbocycles. The number of hydrogen-bond acceptors (Lipinski definition) is 8. The van der Waals surface area contributed by atoms with E-state index in [4.69, 9.17) is 5.73 Å². The lowest BCUT2D eigenvalue weighted by atomic mass is 10.0. The maximum absolute atomic E-state index is 14.1. The molecule has 3 saturated heterocycles. The number of nitrogens with two attached hydrogens (primary N) is 1. The first kappa shape index (κ1) is 35.3. The van der Waals surface area contributed by atoms with Crippen molar-refractivity contribution in [1.29, 1.82) is 0 Å². The molecule has 14 heteroatoms. The van der Waals surface area contributed by atoms with Crippen LogP contribution >= 0.6 is 0 Å². The minimum atomic E-state index is -1.08. The molecule has 3 aliphatic heterocycles. The molecule has 14 nitrogen and oxygen atoms in total. The molecule has 5 rings (SSSR count). The van der Waals surface area contributed by atoms with E-state index < -0.39 is 59.8 Å². The van der Waals surface area contributed by atoms with Gasteiger partial charge in [-0.1, -0.05) is 42.5 Å². The highest BCUT2D eigenvalue weighted by Crippen LogP contribution is 2.23. The van der Waals surface area contributed by atoms with E-state index in [-0.39, 0.29) is 37.6 Å². The number of nitrogens with one attached hydrogen (secondary N) is 2. The van der Waals surface area contributed by atoms with Crippen LogP contribution in [-0.2, 0) is 41.6 Å². The van der Waals surface area contributed by atoms with Crippen LogP contribution in [0.25, 0.3) is 0 Å². The van der Waals surface area contributed by atoms with Gasteiger partial charge >= 0.3 is 5.97 Å². The zero-order chi connectivity index (χ0) is 35.1. The van der Waals surface area contributed by atoms with E-state index in [1.54, 1.807) is 12.1 Å². The molecule has 0 aliphatic carbocycles. The Hall–Kier alpha value is -4.98. The maximum atomic E-state index is 14.1. The second-order valence-corrected chi connectivity index (χ2v) is 12.9. The second-order valence-electron chi connectivity index (χ2n) is 12.9. The Morgan fingerprint density at radius 1 is 0.714 bits per heavy atom. The molecule has 3 aliphatic rings. The van der Waals surface area contributed by atoms with Gasteiger partial charge in [0.1, 0.15) is 29.9 Å². The van der Waals surface area contributed by atoms with E-state index in [9.17, 15) is 39.0 Å². The Kier molecular flexibility index (Phi) is 11.5. The molecule has 0 spiro atoms. The standard InChI is InChI=1S/C35H44N6O8/c36-25(19-23-12-14-24(42)15-13-23)33(46)40-17-5-10-28(40)32(45)38-26(20-22-7-2-1-3-8-22)34(47)41-18-4-9-27(41)31(44)37-21-30(43)39-16-6-11-29(39)35(48)49/h1-3,7-8,12-15,25-29,42H,4-6,9-11,16-21,36H2,(H,37,44)(H,38,45)(H,48,49)/t25-,26-,27-,28-,29-/m0/s1. The van der Waals surface area contributed by atoms with Gasteiger partial charge in [-0.25, -0.2) is 4.79 Å². The highest BCUT2D eigenvalue weighted by Gasteiger charge is 2.41. The average Bonchev–Trinajstić information content (AvgIpc) is 3.89. The van der Waals surface area contributed by atoms with Crippen molar-refractivity contribution in [3.05, 3.63) is 65.7 Å². The van der Waals surface area contributed by atoms with Crippen LogP contribution in [0, 0.1) is 0 Å². The van der Waals surface area contributed by atoms with Gasteiger partial charge < -0.3 is 41.3 Å². The van der Waals surface area contributed by atoms with Crippen LogP contribution in [-0.4, -0.2) is 117 Å². The Morgan fingerprint density at radius 3 is 1.90 bits per heavy atom. The van der Waals surface area contributed by atoms with Crippen molar-refractivity contribution in [3.8, 4) is 5.75 Å². The van der Waals surface area contributed by atoms with Gasteiger partial charge in [0.25, 0.3) is 0 Å². The molecule has 2 aromatic rings. The Balaban J connectivity index is 1.25. The van der Waals surface area contributed by atoms with Gasteiger partial charge in [-0.3, -0.25) is 24.0 Å². The minimum absolute atomic E-state index is 0.101. The predicted molar refractivity (Wildman–Crippen MR) is 177 cm³/mol. The van der Waals surface area contributed by atoms with Crippen LogP contribution in [0.5, 0.6) is 5.75 Å². The third-order valence-corrected chi connectivity index (χ3v) is 9.56. The molecule has 0 radical (unpaired) electrons. The van der Waals surface area contributed by atoms with Crippen LogP contribution in [0.1, 0.15) is 49.7 Å². The Morgan fingerprint density at radius 2 is 1.27 bits per heavy atom. The van der Waals surface area contributed by atoms with E-state index in [0.717, 1.165) is 11.1 Å². The van der Waals surface area contributed by atoms with Gasteiger partial charge in [-0.05, 0) is 68.2 Å². The van der Waals surface area contributed by atoms with Crippen LogP contribution in [0.15, 0.2) is 54.6 Å². The van der Waals surface area contributed by atoms with E-state index in [2.05, 4.69) is 10.6 Å². The fourth-order valence-corrected chi connectivity index (χ4v) is 7.01. The van der Waals surface area contributed by atoms with E-state index >= 15 is 0 Å². The van der Waals surface area contributed by atoms with Crippen molar-refractivity contribution in [2.75, 3.05) is 26.2 Å². The van der Waals surface area contributed by atoms with Crippen LogP contribution in [0.4, 0.5) is 0 Å². The van der Waals surface area contributed by atoms with Crippen LogP contribution in [0.2, 0.25) is 0 Å². The molecule has 49 heavy (non-hydrogen) atoms. The lowest BCUT2D eigenvalue weighted by Crippen LogP contribution is -2.58. The molecule has 262 valence electrons. The van der Waals surface area contributed by atoms with Gasteiger partial charge in [0, 0.05) is 26.1 Å². The highest BCUT2D eigenvalue weighted by atomic mass is 16.4. The molecule has 0 aromatic heterocycles. The van der Waals surface area contributed by atoms with Crippen molar-refractivity contribution in [2.24, 2.45) is 5.73 Å². The van der Waals surface area contributed by atoms with Gasteiger partial charge in [0.15, 0.2) is 0 Å². The number of likely N-dealkylation sites (tertiary alicyclic amines) is 3. The molecule has 0 unspecified atom stereocenters. The largest absolute Gasteiger partial charge is 0.508 e. The zero-order valence-corrected chi connectivity index (χ0v) is 27.3. The van der Waals surface area contributed by atoms with Gasteiger partial charge in [0.05, 0.1) is 12.6 Å². The molecule has 3 fully saturated rings. The topological polar surface area (TPSA) is 203 Å². The lowest BCUT2D eigenvalue weighted by Gasteiger charge is -2.31. The summed E-state index contributed by atoms with van der Waals surface area (Å²) in [4.78, 5) is 83.0. The average molecular weight is 677 g/mol. The summed E-state index contributed by atoms with van der Waals surface area (Å²) in [6, 6.07) is 11.0. The van der Waals surface area contributed by atoms with Crippen LogP contribution in [0.3, 0.4) is 0 Å². The monoisotopic (exact) mass is 676 g/mol. The lowest BCUT2D eigenvalue weighted by molar-refractivity contribution is -0.148. The fraction of sp³-hybridized carbons (Fsp3) is 0.486. The van der Waals surface area contributed by atoms with Gasteiger partial charge in [-0.15, -0.1) is 0 Å². The number of hydrogen-bond donors (Lipinski definition) is 5. The summed E-state index contributed by atoms with van der Waals surface area (Å²) in [6.07, 6.45) is 3.19. The van der Waals surface area contributed by atoms with Crippen molar-refractivity contribution in [2.45, 2.75) is 81.6 Å². The first-order chi connectivity index (χ1) is 23.5. The van der Waals surface area contributed by atoms with E-state index in [1.807, 2.05) is 30.3 Å². The number of aliphatic carboxylic acids is 1. The number of phenolic OH excluding ortho intramolecular Hbond substituents is 1. The fourth-order valence-electron chi connectivity index (χ4n) is 7.01. The molecule has 3 heterocycles.